The monoisotopic (exact) mass is 304 g/mol. The quantitative estimate of drug-likeness (QED) is 0.859. The zero-order valence-electron chi connectivity index (χ0n) is 10.5. The zero-order valence-corrected chi connectivity index (χ0v) is 12.1. The largest absolute Gasteiger partial charge is 0.396 e. The van der Waals surface area contributed by atoms with Gasteiger partial charge in [0.2, 0.25) is 10.0 Å². The zero-order chi connectivity index (χ0) is 13.9. The van der Waals surface area contributed by atoms with Crippen LogP contribution in [0.1, 0.15) is 25.7 Å². The molecule has 0 spiro atoms. The molecule has 0 amide bonds. The van der Waals surface area contributed by atoms with Crippen molar-refractivity contribution >= 4 is 21.6 Å². The fourth-order valence-corrected chi connectivity index (χ4v) is 4.57. The van der Waals surface area contributed by atoms with E-state index in [0.29, 0.717) is 13.0 Å². The Balaban J connectivity index is 2.35. The first-order valence-electron chi connectivity index (χ1n) is 6.30. The predicted molar refractivity (Wildman–Crippen MR) is 72.5 cm³/mol. The molecule has 2 rings (SSSR count). The molecular weight excluding hydrogens is 288 g/mol. The van der Waals surface area contributed by atoms with E-state index < -0.39 is 10.0 Å². The number of aliphatic hydroxyl groups excluding tert-OH is 1. The van der Waals surface area contributed by atoms with Crippen molar-refractivity contribution in [1.29, 1.82) is 0 Å². The molecule has 1 unspecified atom stereocenters. The highest BCUT2D eigenvalue weighted by atomic mass is 35.5. The van der Waals surface area contributed by atoms with Crippen molar-refractivity contribution in [3.05, 3.63) is 23.5 Å². The molecule has 0 aromatic carbocycles. The molecular formula is C12H17ClN2O3S. The molecule has 106 valence electrons. The highest BCUT2D eigenvalue weighted by Crippen LogP contribution is 2.29. The lowest BCUT2D eigenvalue weighted by Crippen LogP contribution is -2.44. The van der Waals surface area contributed by atoms with E-state index in [1.165, 1.54) is 16.6 Å². The minimum atomic E-state index is -3.64. The molecule has 0 radical (unpaired) electrons. The molecule has 0 saturated carbocycles. The summed E-state index contributed by atoms with van der Waals surface area (Å²) in [4.78, 5) is 3.86. The Bertz CT molecular complexity index is 534. The van der Waals surface area contributed by atoms with Gasteiger partial charge in [-0.15, -0.1) is 0 Å². The maximum absolute atomic E-state index is 12.6. The minimum absolute atomic E-state index is 0.00387. The maximum Gasteiger partial charge on any atom is 0.246 e. The molecule has 7 heteroatoms. The van der Waals surface area contributed by atoms with Crippen molar-refractivity contribution in [1.82, 2.24) is 9.29 Å². The lowest BCUT2D eigenvalue weighted by Gasteiger charge is -2.34. The van der Waals surface area contributed by atoms with E-state index in [9.17, 15) is 8.42 Å². The number of rotatable bonds is 4. The summed E-state index contributed by atoms with van der Waals surface area (Å²) in [5, 5.41) is 9.06. The fourth-order valence-electron chi connectivity index (χ4n) is 2.42. The van der Waals surface area contributed by atoms with E-state index in [1.807, 2.05) is 0 Å². The average molecular weight is 305 g/mol. The van der Waals surface area contributed by atoms with Gasteiger partial charge in [-0.2, -0.15) is 4.31 Å². The molecule has 19 heavy (non-hydrogen) atoms. The van der Waals surface area contributed by atoms with E-state index in [-0.39, 0.29) is 22.7 Å². The molecule has 1 N–H and O–H groups in total. The number of hydrogen-bond donors (Lipinski definition) is 1. The van der Waals surface area contributed by atoms with Crippen LogP contribution < -0.4 is 0 Å². The van der Waals surface area contributed by atoms with Crippen LogP contribution in [0.5, 0.6) is 0 Å². The lowest BCUT2D eigenvalue weighted by atomic mass is 10.0. The van der Waals surface area contributed by atoms with Crippen molar-refractivity contribution in [3.8, 4) is 0 Å². The number of piperidine rings is 1. The summed E-state index contributed by atoms with van der Waals surface area (Å²) in [6.07, 6.45) is 4.51. The summed E-state index contributed by atoms with van der Waals surface area (Å²) in [5.41, 5.74) is 0. The predicted octanol–water partition coefficient (Wildman–Crippen LogP) is 1.66. The second-order valence-electron chi connectivity index (χ2n) is 4.57. The van der Waals surface area contributed by atoms with Crippen LogP contribution in [-0.4, -0.2) is 42.0 Å². The van der Waals surface area contributed by atoms with Gasteiger partial charge < -0.3 is 5.11 Å². The van der Waals surface area contributed by atoms with Crippen molar-refractivity contribution in [2.24, 2.45) is 0 Å². The number of aromatic nitrogens is 1. The second kappa shape index (κ2) is 6.17. The summed E-state index contributed by atoms with van der Waals surface area (Å²) in [6, 6.07) is 2.87. The van der Waals surface area contributed by atoms with Gasteiger partial charge >= 0.3 is 0 Å². The van der Waals surface area contributed by atoms with Gasteiger partial charge in [0.1, 0.15) is 10.0 Å². The minimum Gasteiger partial charge on any atom is -0.396 e. The van der Waals surface area contributed by atoms with Crippen LogP contribution >= 0.6 is 11.6 Å². The van der Waals surface area contributed by atoms with Crippen LogP contribution in [0.25, 0.3) is 0 Å². The molecule has 1 aliphatic rings. The first kappa shape index (κ1) is 14.7. The molecule has 0 bridgehead atoms. The van der Waals surface area contributed by atoms with Crippen molar-refractivity contribution in [3.63, 3.8) is 0 Å². The molecule has 1 aromatic heterocycles. The Hall–Kier alpha value is -0.690. The Morgan fingerprint density at radius 2 is 2.26 bits per heavy atom. The third-order valence-electron chi connectivity index (χ3n) is 3.35. The fraction of sp³-hybridized carbons (Fsp3) is 0.583. The van der Waals surface area contributed by atoms with Crippen LogP contribution in [0.4, 0.5) is 0 Å². The summed E-state index contributed by atoms with van der Waals surface area (Å²) < 4.78 is 26.7. The number of hydrogen-bond acceptors (Lipinski definition) is 4. The number of sulfonamides is 1. The smallest absolute Gasteiger partial charge is 0.246 e. The van der Waals surface area contributed by atoms with Crippen molar-refractivity contribution in [2.75, 3.05) is 13.2 Å². The molecule has 1 aromatic rings. The summed E-state index contributed by atoms with van der Waals surface area (Å²) in [5.74, 6) is 0. The topological polar surface area (TPSA) is 70.5 Å². The molecule has 1 aliphatic heterocycles. The molecule has 0 aliphatic carbocycles. The Morgan fingerprint density at radius 1 is 1.47 bits per heavy atom. The Kier molecular flexibility index (Phi) is 4.78. The normalized spacial score (nSPS) is 21.5. The van der Waals surface area contributed by atoms with Gasteiger partial charge in [-0.05, 0) is 31.4 Å². The van der Waals surface area contributed by atoms with Gasteiger partial charge in [-0.1, -0.05) is 18.0 Å². The van der Waals surface area contributed by atoms with Gasteiger partial charge in [0, 0.05) is 25.4 Å². The highest BCUT2D eigenvalue weighted by Gasteiger charge is 2.34. The van der Waals surface area contributed by atoms with Gasteiger partial charge in [0.05, 0.1) is 0 Å². The van der Waals surface area contributed by atoms with E-state index >= 15 is 0 Å². The van der Waals surface area contributed by atoms with Crippen molar-refractivity contribution in [2.45, 2.75) is 36.6 Å². The van der Waals surface area contributed by atoms with Gasteiger partial charge in [-0.25, -0.2) is 13.4 Å². The third kappa shape index (κ3) is 3.08. The second-order valence-corrected chi connectivity index (χ2v) is 6.79. The molecule has 2 heterocycles. The van der Waals surface area contributed by atoms with Crippen LogP contribution in [0.15, 0.2) is 23.2 Å². The first-order chi connectivity index (χ1) is 9.07. The van der Waals surface area contributed by atoms with Crippen LogP contribution in [-0.2, 0) is 10.0 Å². The molecule has 1 fully saturated rings. The third-order valence-corrected chi connectivity index (χ3v) is 5.74. The van der Waals surface area contributed by atoms with Crippen molar-refractivity contribution < 1.29 is 13.5 Å². The lowest BCUT2D eigenvalue weighted by molar-refractivity contribution is 0.192. The number of pyridine rings is 1. The van der Waals surface area contributed by atoms with Gasteiger partial charge in [0.15, 0.2) is 0 Å². The van der Waals surface area contributed by atoms with Gasteiger partial charge in [0.25, 0.3) is 0 Å². The number of halogens is 1. The summed E-state index contributed by atoms with van der Waals surface area (Å²) >= 11 is 5.89. The average Bonchev–Trinajstić information content (AvgIpc) is 2.40. The van der Waals surface area contributed by atoms with E-state index in [2.05, 4.69) is 4.98 Å². The maximum atomic E-state index is 12.6. The number of aliphatic hydroxyl groups is 1. The van der Waals surface area contributed by atoms with Crippen LogP contribution in [0.3, 0.4) is 0 Å². The summed E-state index contributed by atoms with van der Waals surface area (Å²) in [6.45, 7) is 0.454. The van der Waals surface area contributed by atoms with Crippen LogP contribution in [0.2, 0.25) is 5.15 Å². The van der Waals surface area contributed by atoms with E-state index in [1.54, 1.807) is 6.07 Å². The Labute approximate surface area is 118 Å². The Morgan fingerprint density at radius 3 is 2.95 bits per heavy atom. The van der Waals surface area contributed by atoms with E-state index in [4.69, 9.17) is 16.7 Å². The first-order valence-corrected chi connectivity index (χ1v) is 8.12. The van der Waals surface area contributed by atoms with Crippen LogP contribution in [0, 0.1) is 0 Å². The number of nitrogens with zero attached hydrogens (tertiary/aromatic N) is 2. The van der Waals surface area contributed by atoms with E-state index in [0.717, 1.165) is 19.3 Å². The molecule has 1 saturated heterocycles. The molecule has 5 nitrogen and oxygen atoms in total. The SMILES string of the molecule is O=S(=O)(c1cccnc1Cl)N1CCCCC1CCO. The van der Waals surface area contributed by atoms with Gasteiger partial charge in [-0.3, -0.25) is 0 Å². The standard InChI is InChI=1S/C12H17ClN2O3S/c13-12-11(5-3-7-14-12)19(17,18)15-8-2-1-4-10(15)6-9-16/h3,5,7,10,16H,1-2,4,6,8-9H2. The summed E-state index contributed by atoms with van der Waals surface area (Å²) in [7, 11) is -3.64. The molecule has 1 atom stereocenters. The highest BCUT2D eigenvalue weighted by molar-refractivity contribution is 7.89.